The Kier molecular flexibility index (Phi) is 3.78. The number of hydrogen-bond acceptors (Lipinski definition) is 3. The van der Waals surface area contributed by atoms with Crippen LogP contribution in [0.25, 0.3) is 0 Å². The van der Waals surface area contributed by atoms with Crippen LogP contribution in [-0.4, -0.2) is 46.2 Å². The topological polar surface area (TPSA) is 102 Å². The molecule has 17 heavy (non-hydrogen) atoms. The van der Waals surface area contributed by atoms with Crippen molar-refractivity contribution in [2.24, 2.45) is 0 Å². The van der Waals surface area contributed by atoms with Gasteiger partial charge in [0.2, 0.25) is 0 Å². The van der Waals surface area contributed by atoms with Gasteiger partial charge in [-0.15, -0.1) is 0 Å². The molecule has 2 fully saturated rings. The number of hydrogen-bond donors (Lipinski definition) is 3. The molecule has 2 rings (SSSR count). The third kappa shape index (κ3) is 2.84. The fourth-order valence-corrected chi connectivity index (χ4v) is 3.83. The number of carbonyl (C=O) groups is 2. The summed E-state index contributed by atoms with van der Waals surface area (Å²) in [6.07, 6.45) is 1.96. The molecule has 0 aliphatic carbocycles. The predicted octanol–water partition coefficient (Wildman–Crippen LogP) is 0.0582. The second-order valence-corrected chi connectivity index (χ2v) is 5.72. The molecule has 2 heterocycles. The van der Waals surface area contributed by atoms with Crippen LogP contribution in [0.2, 0.25) is 0 Å². The highest BCUT2D eigenvalue weighted by Gasteiger charge is 2.42. The van der Waals surface area contributed by atoms with Gasteiger partial charge in [-0.3, -0.25) is 4.79 Å². The van der Waals surface area contributed by atoms with Gasteiger partial charge in [-0.05, 0) is 12.8 Å². The number of carbonyl (C=O) groups excluding carboxylic acids is 1. The Morgan fingerprint density at radius 3 is 3.06 bits per heavy atom. The summed E-state index contributed by atoms with van der Waals surface area (Å²) in [7, 11) is 0. The van der Waals surface area contributed by atoms with E-state index >= 15 is 0 Å². The van der Waals surface area contributed by atoms with Gasteiger partial charge < -0.3 is 15.7 Å². The largest absolute Gasteiger partial charge is 0.480 e. The minimum atomic E-state index is -1.06. The molecule has 1 radical (unpaired) electrons. The van der Waals surface area contributed by atoms with E-state index in [2.05, 4.69) is 10.6 Å². The Bertz CT molecular complexity index is 326. The zero-order valence-electron chi connectivity index (χ0n) is 9.31. The normalized spacial score (nSPS) is 32.8. The van der Waals surface area contributed by atoms with Crippen LogP contribution in [0.5, 0.6) is 0 Å². The molecule has 0 saturated carbocycles. The fourth-order valence-electron chi connectivity index (χ4n) is 2.29. The van der Waals surface area contributed by atoms with Crippen LogP contribution in [-0.2, 0) is 4.79 Å². The number of carboxylic acids is 1. The van der Waals surface area contributed by atoms with Gasteiger partial charge in [-0.2, -0.15) is 11.8 Å². The first-order chi connectivity index (χ1) is 8.08. The van der Waals surface area contributed by atoms with E-state index in [4.69, 9.17) is 10.8 Å². The lowest BCUT2D eigenvalue weighted by Gasteiger charge is -2.16. The van der Waals surface area contributed by atoms with E-state index in [-0.39, 0.29) is 18.1 Å². The molecule has 4 N–H and O–H groups in total. The molecule has 6 nitrogen and oxygen atoms in total. The molecule has 95 valence electrons. The monoisotopic (exact) mass is 258 g/mol. The summed E-state index contributed by atoms with van der Waals surface area (Å²) in [4.78, 5) is 21.6. The molecule has 0 aromatic heterocycles. The molecular formula is C10H16N3O3S. The van der Waals surface area contributed by atoms with Gasteiger partial charge in [-0.1, -0.05) is 6.42 Å². The molecule has 0 bridgehead atoms. The maximum Gasteiger partial charge on any atom is 0.322 e. The van der Waals surface area contributed by atoms with Crippen molar-refractivity contribution in [2.75, 3.05) is 5.75 Å². The molecule has 1 unspecified atom stereocenters. The minimum absolute atomic E-state index is 0.103. The SMILES string of the molecule is [NH]C(CCC[C@@H]1SC[C@@H]2NC(=O)N[C@@H]21)C(=O)O. The number of rotatable bonds is 5. The van der Waals surface area contributed by atoms with E-state index in [0.717, 1.165) is 18.6 Å². The van der Waals surface area contributed by atoms with Crippen LogP contribution in [0.1, 0.15) is 19.3 Å². The van der Waals surface area contributed by atoms with E-state index in [1.54, 1.807) is 0 Å². The molecule has 4 atom stereocenters. The molecule has 7 heteroatoms. The van der Waals surface area contributed by atoms with E-state index < -0.39 is 12.0 Å². The van der Waals surface area contributed by atoms with E-state index in [0.29, 0.717) is 11.7 Å². The molecule has 0 aromatic carbocycles. The summed E-state index contributed by atoms with van der Waals surface area (Å²) < 4.78 is 0. The van der Waals surface area contributed by atoms with Crippen LogP contribution >= 0.6 is 11.8 Å². The average molecular weight is 258 g/mol. The first-order valence-corrected chi connectivity index (χ1v) is 6.75. The zero-order chi connectivity index (χ0) is 12.4. The van der Waals surface area contributed by atoms with Crippen molar-refractivity contribution in [3.05, 3.63) is 0 Å². The highest BCUT2D eigenvalue weighted by atomic mass is 32.2. The van der Waals surface area contributed by atoms with Gasteiger partial charge in [0.15, 0.2) is 0 Å². The summed E-state index contributed by atoms with van der Waals surface area (Å²) >= 11 is 1.81. The van der Waals surface area contributed by atoms with Gasteiger partial charge in [0.25, 0.3) is 0 Å². The molecule has 2 aliphatic rings. The lowest BCUT2D eigenvalue weighted by Crippen LogP contribution is -2.37. The Balaban J connectivity index is 1.73. The van der Waals surface area contributed by atoms with Crippen LogP contribution in [0.15, 0.2) is 0 Å². The maximum absolute atomic E-state index is 11.1. The fraction of sp³-hybridized carbons (Fsp3) is 0.800. The number of carboxylic acid groups (broad SMARTS) is 1. The van der Waals surface area contributed by atoms with E-state index in [1.807, 2.05) is 11.8 Å². The Morgan fingerprint density at radius 1 is 1.59 bits per heavy atom. The summed E-state index contributed by atoms with van der Waals surface area (Å²) in [6.45, 7) is 0. The molecule has 0 aromatic rings. The van der Waals surface area contributed by atoms with Crippen LogP contribution in [0.3, 0.4) is 0 Å². The van der Waals surface area contributed by atoms with Crippen molar-refractivity contribution in [1.29, 1.82) is 0 Å². The molecule has 2 saturated heterocycles. The lowest BCUT2D eigenvalue weighted by atomic mass is 10.0. The van der Waals surface area contributed by atoms with Gasteiger partial charge in [0, 0.05) is 11.0 Å². The summed E-state index contributed by atoms with van der Waals surface area (Å²) in [5.41, 5.74) is 7.29. The summed E-state index contributed by atoms with van der Waals surface area (Å²) in [5, 5.41) is 14.7. The Hall–Kier alpha value is -0.950. The van der Waals surface area contributed by atoms with Crippen LogP contribution < -0.4 is 16.4 Å². The smallest absolute Gasteiger partial charge is 0.322 e. The highest BCUT2D eigenvalue weighted by Crippen LogP contribution is 2.33. The van der Waals surface area contributed by atoms with Gasteiger partial charge in [-0.25, -0.2) is 10.5 Å². The zero-order valence-corrected chi connectivity index (χ0v) is 10.1. The number of fused-ring (bicyclic) bond motifs is 1. The van der Waals surface area contributed by atoms with Crippen molar-refractivity contribution < 1.29 is 14.7 Å². The highest BCUT2D eigenvalue weighted by molar-refractivity contribution is 8.00. The Labute approximate surface area is 104 Å². The average Bonchev–Trinajstić information content (AvgIpc) is 2.78. The molecule has 2 aliphatic heterocycles. The van der Waals surface area contributed by atoms with Crippen molar-refractivity contribution in [2.45, 2.75) is 42.6 Å². The first kappa shape index (κ1) is 12.5. The van der Waals surface area contributed by atoms with Gasteiger partial charge in [0.1, 0.15) is 6.04 Å². The predicted molar refractivity (Wildman–Crippen MR) is 63.9 cm³/mol. The number of nitrogens with one attached hydrogen (secondary N) is 3. The molecule has 0 spiro atoms. The number of aliphatic carboxylic acids is 1. The number of amides is 2. The summed E-state index contributed by atoms with van der Waals surface area (Å²) in [6, 6.07) is -0.743. The maximum atomic E-state index is 11.1. The third-order valence-electron chi connectivity index (χ3n) is 3.22. The van der Waals surface area contributed by atoms with Crippen LogP contribution in [0, 0.1) is 0 Å². The van der Waals surface area contributed by atoms with Crippen molar-refractivity contribution in [3.8, 4) is 0 Å². The lowest BCUT2D eigenvalue weighted by molar-refractivity contribution is -0.138. The van der Waals surface area contributed by atoms with Crippen molar-refractivity contribution in [3.63, 3.8) is 0 Å². The molecular weight excluding hydrogens is 242 g/mol. The van der Waals surface area contributed by atoms with Crippen LogP contribution in [0.4, 0.5) is 4.79 Å². The standard InChI is InChI=1S/C10H16N3O3S/c11-5(9(14)15)2-1-3-7-8-6(4-17-7)12-10(16)13-8/h5-8,11H,1-4H2,(H,14,15)(H2,12,13,16)/t5?,6-,7-,8-/m0/s1. The van der Waals surface area contributed by atoms with Crippen molar-refractivity contribution >= 4 is 23.8 Å². The number of urea groups is 1. The van der Waals surface area contributed by atoms with E-state index in [9.17, 15) is 9.59 Å². The van der Waals surface area contributed by atoms with Gasteiger partial charge >= 0.3 is 12.0 Å². The second kappa shape index (κ2) is 5.14. The number of thioether (sulfide) groups is 1. The second-order valence-electron chi connectivity index (χ2n) is 4.44. The van der Waals surface area contributed by atoms with E-state index in [1.165, 1.54) is 0 Å². The third-order valence-corrected chi connectivity index (χ3v) is 4.73. The Morgan fingerprint density at radius 2 is 2.35 bits per heavy atom. The molecule has 2 amide bonds. The summed E-state index contributed by atoms with van der Waals surface area (Å²) in [5.74, 6) is -0.144. The first-order valence-electron chi connectivity index (χ1n) is 5.70. The van der Waals surface area contributed by atoms with Crippen molar-refractivity contribution in [1.82, 2.24) is 16.4 Å². The van der Waals surface area contributed by atoms with Gasteiger partial charge in [0.05, 0.1) is 12.1 Å². The quantitative estimate of drug-likeness (QED) is 0.607. The minimum Gasteiger partial charge on any atom is -0.480 e.